The van der Waals surface area contributed by atoms with Crippen molar-refractivity contribution in [1.29, 1.82) is 0 Å². The highest BCUT2D eigenvalue weighted by atomic mass is 31.2. The van der Waals surface area contributed by atoms with Gasteiger partial charge in [-0.05, 0) is 32.1 Å². The van der Waals surface area contributed by atoms with Crippen LogP contribution in [0.5, 0.6) is 0 Å². The first-order valence-electron chi connectivity index (χ1n) is 17.4. The molecule has 1 amide bonds. The van der Waals surface area contributed by atoms with Crippen LogP contribution in [0.15, 0.2) is 12.2 Å². The number of carbonyl (C=O) groups is 1. The summed E-state index contributed by atoms with van der Waals surface area (Å²) < 4.78 is 21.9. The number of allylic oxidation sites excluding steroid dienone is 2. The summed E-state index contributed by atoms with van der Waals surface area (Å²) in [6.45, 7) is 3.94. The Kier molecular flexibility index (Phi) is 29.3. The molecule has 0 aromatic carbocycles. The molecule has 10 heteroatoms. The average molecular weight is 635 g/mol. The molecule has 0 aromatic rings. The number of aliphatic hydroxyl groups excluding tert-OH is 2. The van der Waals surface area contributed by atoms with Crippen LogP contribution in [0.1, 0.15) is 155 Å². The fourth-order valence-corrected chi connectivity index (χ4v) is 5.74. The SMILES string of the molecule is CCCC/C=C\CCCCC(O)CC(=O)NC(COP(=O)(O)OCCN)C(O)CCCCCCCCCCCCCCC. The predicted molar refractivity (Wildman–Crippen MR) is 177 cm³/mol. The third kappa shape index (κ3) is 28.4. The van der Waals surface area contributed by atoms with Gasteiger partial charge in [-0.3, -0.25) is 13.8 Å². The van der Waals surface area contributed by atoms with Crippen molar-refractivity contribution in [3.05, 3.63) is 12.2 Å². The summed E-state index contributed by atoms with van der Waals surface area (Å²) in [5.41, 5.74) is 5.33. The van der Waals surface area contributed by atoms with Gasteiger partial charge in [0, 0.05) is 6.54 Å². The largest absolute Gasteiger partial charge is 0.472 e. The summed E-state index contributed by atoms with van der Waals surface area (Å²) in [6, 6.07) is -0.896. The minimum atomic E-state index is -4.36. The standard InChI is InChI=1S/C33H67N2O7P/c1-3-5-7-9-11-13-14-15-16-17-19-21-23-25-32(37)31(29-42-43(39,40)41-27-26-34)35-33(38)28-30(36)24-22-20-18-12-10-8-6-4-2/h10,12,30-32,36-37H,3-9,11,13-29,34H2,1-2H3,(H,35,38)(H,39,40)/b12-10-. The number of phosphoric ester groups is 1. The number of nitrogens with one attached hydrogen (secondary N) is 1. The molecule has 0 aromatic heterocycles. The van der Waals surface area contributed by atoms with Crippen LogP contribution < -0.4 is 11.1 Å². The highest BCUT2D eigenvalue weighted by molar-refractivity contribution is 7.47. The van der Waals surface area contributed by atoms with Crippen LogP contribution in [0.3, 0.4) is 0 Å². The Morgan fingerprint density at radius 1 is 0.767 bits per heavy atom. The monoisotopic (exact) mass is 634 g/mol. The van der Waals surface area contributed by atoms with Crippen LogP contribution >= 0.6 is 7.82 Å². The number of unbranched alkanes of at least 4 members (excludes halogenated alkanes) is 16. The second-order valence-electron chi connectivity index (χ2n) is 11.9. The van der Waals surface area contributed by atoms with Crippen molar-refractivity contribution >= 4 is 13.7 Å². The minimum Gasteiger partial charge on any atom is -0.393 e. The van der Waals surface area contributed by atoms with Crippen LogP contribution in [0.2, 0.25) is 0 Å². The van der Waals surface area contributed by atoms with E-state index in [2.05, 4.69) is 31.3 Å². The number of hydrogen-bond acceptors (Lipinski definition) is 7. The maximum Gasteiger partial charge on any atom is 0.472 e. The van der Waals surface area contributed by atoms with E-state index in [1.165, 1.54) is 77.0 Å². The first-order chi connectivity index (χ1) is 20.8. The number of carbonyl (C=O) groups excluding carboxylic acids is 1. The molecule has 0 spiro atoms. The lowest BCUT2D eigenvalue weighted by atomic mass is 10.0. The van der Waals surface area contributed by atoms with E-state index in [9.17, 15) is 24.5 Å². The van der Waals surface area contributed by atoms with Gasteiger partial charge in [0.2, 0.25) is 5.91 Å². The molecule has 0 saturated carbocycles. The third-order valence-electron chi connectivity index (χ3n) is 7.67. The second kappa shape index (κ2) is 29.9. The Morgan fingerprint density at radius 3 is 1.84 bits per heavy atom. The van der Waals surface area contributed by atoms with Crippen LogP contribution in [-0.4, -0.2) is 59.0 Å². The quantitative estimate of drug-likeness (QED) is 0.0290. The molecule has 256 valence electrons. The number of aliphatic hydroxyl groups is 2. The summed E-state index contributed by atoms with van der Waals surface area (Å²) in [4.78, 5) is 22.5. The zero-order valence-corrected chi connectivity index (χ0v) is 28.5. The van der Waals surface area contributed by atoms with Gasteiger partial charge in [0.25, 0.3) is 0 Å². The molecule has 4 atom stereocenters. The molecule has 6 N–H and O–H groups in total. The normalized spacial score (nSPS) is 15.4. The van der Waals surface area contributed by atoms with Gasteiger partial charge in [-0.25, -0.2) is 4.57 Å². The van der Waals surface area contributed by atoms with Crippen LogP contribution in [0, 0.1) is 0 Å². The molecule has 4 unspecified atom stereocenters. The summed E-state index contributed by atoms with van der Waals surface area (Å²) in [5, 5.41) is 23.9. The molecule has 9 nitrogen and oxygen atoms in total. The fraction of sp³-hybridized carbons (Fsp3) is 0.909. The molecule has 0 heterocycles. The fourth-order valence-electron chi connectivity index (χ4n) is 4.98. The van der Waals surface area contributed by atoms with Crippen molar-refractivity contribution < 1.29 is 33.5 Å². The molecule has 43 heavy (non-hydrogen) atoms. The zero-order valence-electron chi connectivity index (χ0n) is 27.6. The van der Waals surface area contributed by atoms with E-state index in [1.54, 1.807) is 0 Å². The molecule has 0 fully saturated rings. The zero-order chi connectivity index (χ0) is 32.0. The molecule has 0 aliphatic carbocycles. The number of nitrogens with two attached hydrogens (primary N) is 1. The van der Waals surface area contributed by atoms with Crippen molar-refractivity contribution in [3.8, 4) is 0 Å². The van der Waals surface area contributed by atoms with Gasteiger partial charge in [0.05, 0.1) is 37.9 Å². The predicted octanol–water partition coefficient (Wildman–Crippen LogP) is 7.46. The van der Waals surface area contributed by atoms with E-state index in [0.29, 0.717) is 12.8 Å². The molecule has 0 aliphatic rings. The minimum absolute atomic E-state index is 0.0583. The molecule has 0 aliphatic heterocycles. The smallest absolute Gasteiger partial charge is 0.393 e. The lowest BCUT2D eigenvalue weighted by molar-refractivity contribution is -0.125. The van der Waals surface area contributed by atoms with Gasteiger partial charge in [0.1, 0.15) is 0 Å². The Bertz CT molecular complexity index is 711. The molecular weight excluding hydrogens is 567 g/mol. The second-order valence-corrected chi connectivity index (χ2v) is 13.4. The summed E-state index contributed by atoms with van der Waals surface area (Å²) in [6.07, 6.45) is 25.5. The van der Waals surface area contributed by atoms with Gasteiger partial charge in [-0.15, -0.1) is 0 Å². The number of phosphoric acid groups is 1. The van der Waals surface area contributed by atoms with Crippen molar-refractivity contribution in [2.45, 2.75) is 173 Å². The third-order valence-corrected chi connectivity index (χ3v) is 8.66. The Labute approximate surface area is 263 Å². The molecule has 0 radical (unpaired) electrons. The summed E-state index contributed by atoms with van der Waals surface area (Å²) in [7, 11) is -4.36. The number of rotatable bonds is 32. The van der Waals surface area contributed by atoms with Crippen molar-refractivity contribution in [2.75, 3.05) is 19.8 Å². The van der Waals surface area contributed by atoms with Gasteiger partial charge in [-0.2, -0.15) is 0 Å². The maximum atomic E-state index is 12.7. The van der Waals surface area contributed by atoms with E-state index in [0.717, 1.165) is 44.9 Å². The van der Waals surface area contributed by atoms with Crippen molar-refractivity contribution in [2.24, 2.45) is 5.73 Å². The van der Waals surface area contributed by atoms with E-state index in [4.69, 9.17) is 14.8 Å². The van der Waals surface area contributed by atoms with E-state index in [-0.39, 0.29) is 26.2 Å². The van der Waals surface area contributed by atoms with Gasteiger partial charge < -0.3 is 26.2 Å². The Morgan fingerprint density at radius 2 is 1.28 bits per heavy atom. The van der Waals surface area contributed by atoms with Gasteiger partial charge in [-0.1, -0.05) is 129 Å². The van der Waals surface area contributed by atoms with Crippen molar-refractivity contribution in [3.63, 3.8) is 0 Å². The van der Waals surface area contributed by atoms with E-state index in [1.807, 2.05) is 0 Å². The van der Waals surface area contributed by atoms with Crippen LogP contribution in [-0.2, 0) is 18.4 Å². The maximum absolute atomic E-state index is 12.7. The molecule has 0 saturated heterocycles. The highest BCUT2D eigenvalue weighted by Crippen LogP contribution is 2.43. The van der Waals surface area contributed by atoms with Crippen LogP contribution in [0.4, 0.5) is 0 Å². The molecule has 0 rings (SSSR count). The lowest BCUT2D eigenvalue weighted by Gasteiger charge is -2.25. The highest BCUT2D eigenvalue weighted by Gasteiger charge is 2.28. The topological polar surface area (TPSA) is 151 Å². The molecular formula is C33H67N2O7P. The number of hydrogen-bond donors (Lipinski definition) is 5. The van der Waals surface area contributed by atoms with E-state index >= 15 is 0 Å². The molecule has 0 bridgehead atoms. The number of amides is 1. The Balaban J connectivity index is 4.45. The van der Waals surface area contributed by atoms with Gasteiger partial charge in [0.15, 0.2) is 0 Å². The van der Waals surface area contributed by atoms with Gasteiger partial charge >= 0.3 is 7.82 Å². The summed E-state index contributed by atoms with van der Waals surface area (Å²) in [5.74, 6) is -0.430. The average Bonchev–Trinajstić information content (AvgIpc) is 2.97. The summed E-state index contributed by atoms with van der Waals surface area (Å²) >= 11 is 0. The Hall–Kier alpha value is -0.800. The van der Waals surface area contributed by atoms with Crippen LogP contribution in [0.25, 0.3) is 0 Å². The van der Waals surface area contributed by atoms with Crippen molar-refractivity contribution in [1.82, 2.24) is 5.32 Å². The first kappa shape index (κ1) is 42.2. The lowest BCUT2D eigenvalue weighted by Crippen LogP contribution is -2.47. The van der Waals surface area contributed by atoms with E-state index < -0.39 is 32.0 Å². The first-order valence-corrected chi connectivity index (χ1v) is 18.9.